The Morgan fingerprint density at radius 2 is 2.29 bits per heavy atom. The Hall–Kier alpha value is -1.87. The molecule has 0 bridgehead atoms. The van der Waals surface area contributed by atoms with Gasteiger partial charge in [-0.05, 0) is 24.6 Å². The van der Waals surface area contributed by atoms with Gasteiger partial charge in [0, 0.05) is 5.56 Å². The van der Waals surface area contributed by atoms with E-state index < -0.39 is 0 Å². The molecule has 1 heterocycles. The number of hydrogen-bond acceptors (Lipinski definition) is 3. The van der Waals surface area contributed by atoms with E-state index in [4.69, 9.17) is 4.74 Å². The van der Waals surface area contributed by atoms with Crippen molar-refractivity contribution < 1.29 is 14.6 Å². The number of carbonyl (C=O) groups excluding carboxylic acids is 1. The molecule has 1 aliphatic rings. The van der Waals surface area contributed by atoms with Gasteiger partial charge < -0.3 is 9.84 Å². The average Bonchev–Trinajstić information content (AvgIpc) is 2.69. The van der Waals surface area contributed by atoms with Crippen molar-refractivity contribution in [2.24, 2.45) is 0 Å². The van der Waals surface area contributed by atoms with Crippen LogP contribution in [0, 0.1) is 0 Å². The second-order valence-corrected chi connectivity index (χ2v) is 3.93. The third-order valence-corrected chi connectivity index (χ3v) is 2.63. The predicted molar refractivity (Wildman–Crippen MR) is 64.6 cm³/mol. The topological polar surface area (TPSA) is 46.5 Å². The Morgan fingerprint density at radius 1 is 1.47 bits per heavy atom. The van der Waals surface area contributed by atoms with E-state index in [1.54, 1.807) is 24.3 Å². The molecule has 0 radical (unpaired) electrons. The van der Waals surface area contributed by atoms with E-state index in [2.05, 4.69) is 0 Å². The van der Waals surface area contributed by atoms with Crippen molar-refractivity contribution in [3.63, 3.8) is 0 Å². The van der Waals surface area contributed by atoms with E-state index in [1.165, 1.54) is 13.0 Å². The minimum Gasteiger partial charge on any atom is -0.508 e. The Balaban J connectivity index is 2.12. The van der Waals surface area contributed by atoms with Crippen LogP contribution in [-0.2, 0) is 16.1 Å². The van der Waals surface area contributed by atoms with Gasteiger partial charge in [-0.25, -0.2) is 0 Å². The van der Waals surface area contributed by atoms with Crippen molar-refractivity contribution in [2.45, 2.75) is 19.6 Å². The van der Waals surface area contributed by atoms with Gasteiger partial charge >= 0.3 is 0 Å². The summed E-state index contributed by atoms with van der Waals surface area (Å²) in [4.78, 5) is 10.7. The highest BCUT2D eigenvalue weighted by molar-refractivity contribution is 5.87. The summed E-state index contributed by atoms with van der Waals surface area (Å²) in [6.45, 7) is 1.93. The molecule has 0 fully saturated rings. The van der Waals surface area contributed by atoms with Crippen molar-refractivity contribution in [1.29, 1.82) is 0 Å². The molecule has 0 saturated heterocycles. The van der Waals surface area contributed by atoms with Gasteiger partial charge in [0.05, 0.1) is 6.61 Å². The summed E-state index contributed by atoms with van der Waals surface area (Å²) in [5.41, 5.74) is 1.83. The number of rotatable bonds is 3. The molecule has 0 aliphatic carbocycles. The lowest BCUT2D eigenvalue weighted by Crippen LogP contribution is -1.90. The maximum absolute atomic E-state index is 10.7. The molecule has 1 N–H and O–H groups in total. The van der Waals surface area contributed by atoms with Gasteiger partial charge in [-0.2, -0.15) is 0 Å². The number of benzene rings is 1. The quantitative estimate of drug-likeness (QED) is 0.641. The van der Waals surface area contributed by atoms with Crippen molar-refractivity contribution in [3.05, 3.63) is 53.6 Å². The lowest BCUT2D eigenvalue weighted by molar-refractivity contribution is -0.112. The molecule has 1 atom stereocenters. The first-order chi connectivity index (χ1) is 8.18. The van der Waals surface area contributed by atoms with E-state index in [9.17, 15) is 9.90 Å². The number of hydrogen-bond donors (Lipinski definition) is 1. The van der Waals surface area contributed by atoms with E-state index in [-0.39, 0.29) is 17.6 Å². The number of fused-ring (bicyclic) bond motifs is 1. The van der Waals surface area contributed by atoms with Gasteiger partial charge in [-0.3, -0.25) is 4.79 Å². The molecule has 17 heavy (non-hydrogen) atoms. The standard InChI is InChI=1S/C14H14O3/c1-10(15)5-2-3-8-14-11-6-4-7-13(16)12(11)9-17-14/h2-8,14,16H,9H2,1H3/b5-2+,8-3+. The fraction of sp³-hybridized carbons (Fsp3) is 0.214. The predicted octanol–water partition coefficient (Wildman–Crippen LogP) is 2.66. The SMILES string of the molecule is CC(=O)/C=C/C=C/C1OCc2c(O)cccc21. The summed E-state index contributed by atoms with van der Waals surface area (Å²) in [6.07, 6.45) is 6.69. The summed E-state index contributed by atoms with van der Waals surface area (Å²) in [7, 11) is 0. The molecule has 0 aromatic heterocycles. The van der Waals surface area contributed by atoms with Gasteiger partial charge in [0.1, 0.15) is 11.9 Å². The summed E-state index contributed by atoms with van der Waals surface area (Å²) in [6, 6.07) is 5.39. The van der Waals surface area contributed by atoms with Gasteiger partial charge in [-0.15, -0.1) is 0 Å². The maximum atomic E-state index is 10.7. The average molecular weight is 230 g/mol. The fourth-order valence-electron chi connectivity index (χ4n) is 1.79. The minimum absolute atomic E-state index is 0.0139. The molecule has 2 rings (SSSR count). The Kier molecular flexibility index (Phi) is 3.40. The molecule has 1 unspecified atom stereocenters. The molecule has 88 valence electrons. The highest BCUT2D eigenvalue weighted by atomic mass is 16.5. The second kappa shape index (κ2) is 4.97. The number of ketones is 1. The Morgan fingerprint density at radius 3 is 3.06 bits per heavy atom. The summed E-state index contributed by atoms with van der Waals surface area (Å²) < 4.78 is 5.55. The van der Waals surface area contributed by atoms with Gasteiger partial charge in [0.25, 0.3) is 0 Å². The van der Waals surface area contributed by atoms with Crippen molar-refractivity contribution in [1.82, 2.24) is 0 Å². The van der Waals surface area contributed by atoms with E-state index in [1.807, 2.05) is 12.1 Å². The monoisotopic (exact) mass is 230 g/mol. The molecular formula is C14H14O3. The normalized spacial score (nSPS) is 19.0. The van der Waals surface area contributed by atoms with Crippen LogP contribution in [0.4, 0.5) is 0 Å². The van der Waals surface area contributed by atoms with Gasteiger partial charge in [0.15, 0.2) is 5.78 Å². The number of aromatic hydroxyl groups is 1. The number of carbonyl (C=O) groups is 1. The summed E-state index contributed by atoms with van der Waals surface area (Å²) >= 11 is 0. The first kappa shape index (κ1) is 11.6. The van der Waals surface area contributed by atoms with Crippen LogP contribution in [-0.4, -0.2) is 10.9 Å². The number of allylic oxidation sites excluding steroid dienone is 3. The molecular weight excluding hydrogens is 216 g/mol. The number of phenols is 1. The zero-order chi connectivity index (χ0) is 12.3. The maximum Gasteiger partial charge on any atom is 0.152 e. The van der Waals surface area contributed by atoms with Crippen LogP contribution in [0.25, 0.3) is 0 Å². The molecule has 0 amide bonds. The first-order valence-electron chi connectivity index (χ1n) is 5.46. The molecule has 1 aliphatic heterocycles. The Bertz CT molecular complexity index is 486. The Labute approximate surface area is 100 Å². The van der Waals surface area contributed by atoms with E-state index in [0.29, 0.717) is 6.61 Å². The molecule has 0 saturated carbocycles. The van der Waals surface area contributed by atoms with E-state index in [0.717, 1.165) is 11.1 Å². The van der Waals surface area contributed by atoms with E-state index >= 15 is 0 Å². The first-order valence-corrected chi connectivity index (χ1v) is 5.46. The fourth-order valence-corrected chi connectivity index (χ4v) is 1.79. The largest absolute Gasteiger partial charge is 0.508 e. The summed E-state index contributed by atoms with van der Waals surface area (Å²) in [5.74, 6) is 0.290. The third-order valence-electron chi connectivity index (χ3n) is 2.63. The van der Waals surface area contributed by atoms with Crippen LogP contribution in [0.15, 0.2) is 42.5 Å². The zero-order valence-electron chi connectivity index (χ0n) is 9.59. The molecule has 3 nitrogen and oxygen atoms in total. The van der Waals surface area contributed by atoms with Crippen LogP contribution in [0.5, 0.6) is 5.75 Å². The molecule has 3 heteroatoms. The second-order valence-electron chi connectivity index (χ2n) is 3.93. The van der Waals surface area contributed by atoms with Crippen LogP contribution in [0.3, 0.4) is 0 Å². The molecule has 1 aromatic carbocycles. The highest BCUT2D eigenvalue weighted by Crippen LogP contribution is 2.36. The zero-order valence-corrected chi connectivity index (χ0v) is 9.59. The van der Waals surface area contributed by atoms with Gasteiger partial charge in [-0.1, -0.05) is 30.4 Å². The van der Waals surface area contributed by atoms with Crippen molar-refractivity contribution in [2.75, 3.05) is 0 Å². The minimum atomic E-state index is -0.145. The van der Waals surface area contributed by atoms with Crippen LogP contribution < -0.4 is 0 Å². The smallest absolute Gasteiger partial charge is 0.152 e. The van der Waals surface area contributed by atoms with Crippen LogP contribution in [0.1, 0.15) is 24.2 Å². The third kappa shape index (κ3) is 2.63. The lowest BCUT2D eigenvalue weighted by Gasteiger charge is -2.04. The molecule has 1 aromatic rings. The van der Waals surface area contributed by atoms with Crippen LogP contribution in [0.2, 0.25) is 0 Å². The number of ether oxygens (including phenoxy) is 1. The van der Waals surface area contributed by atoms with Crippen molar-refractivity contribution in [3.8, 4) is 5.75 Å². The highest BCUT2D eigenvalue weighted by Gasteiger charge is 2.22. The summed E-state index contributed by atoms with van der Waals surface area (Å²) in [5, 5.41) is 9.63. The lowest BCUT2D eigenvalue weighted by atomic mass is 10.0. The molecule has 0 spiro atoms. The number of phenolic OH excluding ortho intramolecular Hbond substituents is 1. The van der Waals surface area contributed by atoms with Crippen LogP contribution >= 0.6 is 0 Å². The van der Waals surface area contributed by atoms with Gasteiger partial charge in [0.2, 0.25) is 0 Å². The van der Waals surface area contributed by atoms with Crippen molar-refractivity contribution >= 4 is 5.78 Å².